The van der Waals surface area contributed by atoms with E-state index in [0.717, 1.165) is 9.87 Å². The lowest BCUT2D eigenvalue weighted by Gasteiger charge is -2.33. The molecule has 214 valence electrons. The zero-order chi connectivity index (χ0) is 29.3. The molecular formula is C29H34ClN3O6S. The summed E-state index contributed by atoms with van der Waals surface area (Å²) >= 11 is 6.01. The van der Waals surface area contributed by atoms with Crippen molar-refractivity contribution in [2.24, 2.45) is 0 Å². The van der Waals surface area contributed by atoms with Gasteiger partial charge in [-0.15, -0.1) is 0 Å². The molecule has 0 saturated carbocycles. The van der Waals surface area contributed by atoms with E-state index < -0.39 is 28.5 Å². The van der Waals surface area contributed by atoms with Crippen LogP contribution in [-0.4, -0.2) is 58.5 Å². The van der Waals surface area contributed by atoms with Crippen LogP contribution in [0.1, 0.15) is 25.8 Å². The van der Waals surface area contributed by atoms with Crippen molar-refractivity contribution in [3.05, 3.63) is 83.4 Å². The van der Waals surface area contributed by atoms with Crippen LogP contribution in [0.25, 0.3) is 0 Å². The molecule has 1 N–H and O–H groups in total. The second-order valence-electron chi connectivity index (χ2n) is 8.78. The zero-order valence-corrected chi connectivity index (χ0v) is 24.5. The van der Waals surface area contributed by atoms with E-state index in [1.165, 1.54) is 43.3 Å². The van der Waals surface area contributed by atoms with Gasteiger partial charge in [0.05, 0.1) is 24.3 Å². The van der Waals surface area contributed by atoms with Crippen LogP contribution < -0.4 is 19.1 Å². The first-order chi connectivity index (χ1) is 19.2. The molecular weight excluding hydrogens is 554 g/mol. The second-order valence-corrected chi connectivity index (χ2v) is 11.1. The normalized spacial score (nSPS) is 11.8. The molecule has 0 aliphatic heterocycles. The SMILES string of the molecule is CCOc1ccccc1N(CC(=O)N(Cc1cccc(OC)c1)[C@H](CC)C(=O)NC)S(=O)(=O)c1ccc(Cl)cc1. The molecule has 2 amide bonds. The molecule has 0 heterocycles. The third-order valence-corrected chi connectivity index (χ3v) is 8.26. The second kappa shape index (κ2) is 14.0. The number of hydrogen-bond donors (Lipinski definition) is 1. The number of halogens is 1. The molecule has 0 aliphatic rings. The summed E-state index contributed by atoms with van der Waals surface area (Å²) in [5.41, 5.74) is 0.916. The standard InChI is InChI=1S/C29H34ClN3O6S/c1-5-25(29(35)31-3)32(19-21-10-9-11-23(18-21)38-4)28(34)20-33(26-12-7-8-13-27(26)39-6-2)40(36,37)24-16-14-22(30)15-17-24/h7-18,25H,5-6,19-20H2,1-4H3,(H,31,35)/t25-/m1/s1. The van der Waals surface area contributed by atoms with E-state index in [1.807, 2.05) is 6.07 Å². The quantitative estimate of drug-likeness (QED) is 0.316. The highest BCUT2D eigenvalue weighted by Crippen LogP contribution is 2.33. The molecule has 3 aromatic carbocycles. The first-order valence-electron chi connectivity index (χ1n) is 12.8. The number of para-hydroxylation sites is 2. The van der Waals surface area contributed by atoms with Crippen LogP contribution in [0.4, 0.5) is 5.69 Å². The van der Waals surface area contributed by atoms with Gasteiger partial charge in [-0.2, -0.15) is 0 Å². The molecule has 0 fully saturated rings. The van der Waals surface area contributed by atoms with Crippen LogP contribution in [0.3, 0.4) is 0 Å². The van der Waals surface area contributed by atoms with Crippen LogP contribution >= 0.6 is 11.6 Å². The van der Waals surface area contributed by atoms with Crippen molar-refractivity contribution in [3.8, 4) is 11.5 Å². The van der Waals surface area contributed by atoms with Gasteiger partial charge in [0, 0.05) is 18.6 Å². The van der Waals surface area contributed by atoms with E-state index in [1.54, 1.807) is 56.3 Å². The molecule has 3 rings (SSSR count). The first-order valence-corrected chi connectivity index (χ1v) is 14.6. The molecule has 0 radical (unpaired) electrons. The van der Waals surface area contributed by atoms with Crippen molar-refractivity contribution in [2.75, 3.05) is 31.6 Å². The average Bonchev–Trinajstić information content (AvgIpc) is 2.96. The largest absolute Gasteiger partial charge is 0.497 e. The lowest BCUT2D eigenvalue weighted by Crippen LogP contribution is -2.51. The molecule has 9 nitrogen and oxygen atoms in total. The lowest BCUT2D eigenvalue weighted by molar-refractivity contribution is -0.140. The molecule has 0 bridgehead atoms. The van der Waals surface area contributed by atoms with E-state index in [2.05, 4.69) is 5.32 Å². The van der Waals surface area contributed by atoms with E-state index >= 15 is 0 Å². The molecule has 3 aromatic rings. The molecule has 11 heteroatoms. The predicted octanol–water partition coefficient (Wildman–Crippen LogP) is 4.50. The van der Waals surface area contributed by atoms with Gasteiger partial charge in [-0.1, -0.05) is 42.8 Å². The number of rotatable bonds is 13. The van der Waals surface area contributed by atoms with Crippen molar-refractivity contribution in [1.82, 2.24) is 10.2 Å². The number of nitrogens with one attached hydrogen (secondary N) is 1. The van der Waals surface area contributed by atoms with Gasteiger partial charge in [0.2, 0.25) is 11.8 Å². The molecule has 0 unspecified atom stereocenters. The number of anilines is 1. The Morgan fingerprint density at radius 2 is 1.70 bits per heavy atom. The summed E-state index contributed by atoms with van der Waals surface area (Å²) in [6.45, 7) is 3.34. The molecule has 1 atom stereocenters. The number of amides is 2. The molecule has 0 saturated heterocycles. The monoisotopic (exact) mass is 587 g/mol. The Morgan fingerprint density at radius 3 is 2.33 bits per heavy atom. The Hall–Kier alpha value is -3.76. The average molecular weight is 588 g/mol. The predicted molar refractivity (Wildman–Crippen MR) is 155 cm³/mol. The molecule has 0 aliphatic carbocycles. The number of hydrogen-bond acceptors (Lipinski definition) is 6. The fourth-order valence-corrected chi connectivity index (χ4v) is 5.79. The number of carbonyl (C=O) groups is 2. The minimum Gasteiger partial charge on any atom is -0.497 e. The Bertz CT molecular complexity index is 1420. The maximum atomic E-state index is 14.1. The summed E-state index contributed by atoms with van der Waals surface area (Å²) in [5.74, 6) is -0.0359. The summed E-state index contributed by atoms with van der Waals surface area (Å²) in [4.78, 5) is 28.3. The maximum Gasteiger partial charge on any atom is 0.264 e. The summed E-state index contributed by atoms with van der Waals surface area (Å²) in [7, 11) is -1.22. The van der Waals surface area contributed by atoms with E-state index in [9.17, 15) is 18.0 Å². The van der Waals surface area contributed by atoms with Crippen LogP contribution in [0.15, 0.2) is 77.7 Å². The molecule has 0 aromatic heterocycles. The van der Waals surface area contributed by atoms with Crippen molar-refractivity contribution >= 4 is 39.1 Å². The summed E-state index contributed by atoms with van der Waals surface area (Å²) in [6, 6.07) is 18.6. The topological polar surface area (TPSA) is 105 Å². The first kappa shape index (κ1) is 30.8. The van der Waals surface area contributed by atoms with Gasteiger partial charge in [0.15, 0.2) is 0 Å². The van der Waals surface area contributed by atoms with Gasteiger partial charge in [0.1, 0.15) is 24.1 Å². The van der Waals surface area contributed by atoms with E-state index in [4.69, 9.17) is 21.1 Å². The van der Waals surface area contributed by atoms with Gasteiger partial charge >= 0.3 is 0 Å². The van der Waals surface area contributed by atoms with Gasteiger partial charge < -0.3 is 19.7 Å². The molecule has 0 spiro atoms. The van der Waals surface area contributed by atoms with Gasteiger partial charge in [-0.25, -0.2) is 8.42 Å². The van der Waals surface area contributed by atoms with Crippen LogP contribution in [0.2, 0.25) is 5.02 Å². The Morgan fingerprint density at radius 1 is 1.00 bits per heavy atom. The highest BCUT2D eigenvalue weighted by Gasteiger charge is 2.34. The van der Waals surface area contributed by atoms with Crippen molar-refractivity contribution in [1.29, 1.82) is 0 Å². The number of benzene rings is 3. The summed E-state index contributed by atoms with van der Waals surface area (Å²) in [6.07, 6.45) is 0.314. The Kier molecular flexibility index (Phi) is 10.8. The van der Waals surface area contributed by atoms with Gasteiger partial charge in [-0.3, -0.25) is 13.9 Å². The third kappa shape index (κ3) is 7.25. The smallest absolute Gasteiger partial charge is 0.264 e. The number of methoxy groups -OCH3 is 1. The highest BCUT2D eigenvalue weighted by atomic mass is 35.5. The van der Waals surface area contributed by atoms with Crippen LogP contribution in [0, 0.1) is 0 Å². The summed E-state index contributed by atoms with van der Waals surface area (Å²) < 4.78 is 40.0. The molecule has 40 heavy (non-hydrogen) atoms. The van der Waals surface area contributed by atoms with E-state index in [0.29, 0.717) is 22.9 Å². The summed E-state index contributed by atoms with van der Waals surface area (Å²) in [5, 5.41) is 2.98. The number of ether oxygens (including phenoxy) is 2. The van der Waals surface area contributed by atoms with Gasteiger partial charge in [-0.05, 0) is 67.4 Å². The van der Waals surface area contributed by atoms with E-state index in [-0.39, 0.29) is 29.6 Å². The van der Waals surface area contributed by atoms with Crippen LogP contribution in [-0.2, 0) is 26.2 Å². The van der Waals surface area contributed by atoms with Crippen molar-refractivity contribution in [2.45, 2.75) is 37.8 Å². The number of sulfonamides is 1. The Labute approximate surface area is 240 Å². The fourth-order valence-electron chi connectivity index (χ4n) is 4.24. The Balaban J connectivity index is 2.11. The maximum absolute atomic E-state index is 14.1. The van der Waals surface area contributed by atoms with Gasteiger partial charge in [0.25, 0.3) is 10.0 Å². The minimum absolute atomic E-state index is 0.0475. The lowest BCUT2D eigenvalue weighted by atomic mass is 10.1. The number of nitrogens with zero attached hydrogens (tertiary/aromatic N) is 2. The van der Waals surface area contributed by atoms with Crippen molar-refractivity contribution < 1.29 is 27.5 Å². The zero-order valence-electron chi connectivity index (χ0n) is 23.0. The highest BCUT2D eigenvalue weighted by molar-refractivity contribution is 7.92. The number of carbonyl (C=O) groups excluding carboxylic acids is 2. The number of likely N-dealkylation sites (N-methyl/N-ethyl adjacent to an activating group) is 1. The van der Waals surface area contributed by atoms with Crippen LogP contribution in [0.5, 0.6) is 11.5 Å². The third-order valence-electron chi connectivity index (χ3n) is 6.23. The minimum atomic E-state index is -4.26. The van der Waals surface area contributed by atoms with Crippen molar-refractivity contribution in [3.63, 3.8) is 0 Å². The fraction of sp³-hybridized carbons (Fsp3) is 0.310.